The number of aryl methyl sites for hydroxylation is 1. The third-order valence-electron chi connectivity index (χ3n) is 3.45. The molecule has 4 nitrogen and oxygen atoms in total. The summed E-state index contributed by atoms with van der Waals surface area (Å²) >= 11 is 0. The molecule has 0 saturated heterocycles. The molecule has 1 heterocycles. The molecule has 1 N–H and O–H groups in total. The number of hydrogen-bond acceptors (Lipinski definition) is 2. The normalized spacial score (nSPS) is 17.4. The molecule has 1 aromatic rings. The third-order valence-corrected chi connectivity index (χ3v) is 3.45. The molecule has 16 heavy (non-hydrogen) atoms. The molecule has 0 atom stereocenters. The van der Waals surface area contributed by atoms with Crippen LogP contribution in [0.15, 0.2) is 6.20 Å². The summed E-state index contributed by atoms with van der Waals surface area (Å²) in [4.78, 5) is 11.7. The fraction of sp³-hybridized carbons (Fsp3) is 0.667. The second kappa shape index (κ2) is 4.68. The van der Waals surface area contributed by atoms with Crippen molar-refractivity contribution in [1.82, 2.24) is 15.1 Å². The van der Waals surface area contributed by atoms with E-state index in [1.165, 1.54) is 32.1 Å². The van der Waals surface area contributed by atoms with Crippen LogP contribution in [0, 0.1) is 0 Å². The van der Waals surface area contributed by atoms with E-state index in [0.29, 0.717) is 5.92 Å². The fourth-order valence-corrected chi connectivity index (χ4v) is 2.62. The molecule has 4 heteroatoms. The molecule has 0 unspecified atom stereocenters. The van der Waals surface area contributed by atoms with Crippen LogP contribution in [-0.2, 0) is 7.05 Å². The summed E-state index contributed by atoms with van der Waals surface area (Å²) in [6.45, 7) is 0. The van der Waals surface area contributed by atoms with Gasteiger partial charge in [-0.3, -0.25) is 9.48 Å². The van der Waals surface area contributed by atoms with Crippen LogP contribution in [0.2, 0.25) is 0 Å². The van der Waals surface area contributed by atoms with Gasteiger partial charge >= 0.3 is 0 Å². The molecule has 88 valence electrons. The Hall–Kier alpha value is -1.32. The van der Waals surface area contributed by atoms with E-state index in [-0.39, 0.29) is 5.91 Å². The van der Waals surface area contributed by atoms with Gasteiger partial charge < -0.3 is 5.32 Å². The van der Waals surface area contributed by atoms with Crippen LogP contribution in [0.5, 0.6) is 0 Å². The quantitative estimate of drug-likeness (QED) is 0.828. The number of aromatic nitrogens is 2. The molecule has 1 aromatic heterocycles. The molecule has 1 fully saturated rings. The second-order valence-electron chi connectivity index (χ2n) is 4.48. The van der Waals surface area contributed by atoms with Crippen LogP contribution in [0.25, 0.3) is 0 Å². The minimum atomic E-state index is -0.0197. The zero-order valence-corrected chi connectivity index (χ0v) is 9.99. The molecular formula is C12H19N3O. The van der Waals surface area contributed by atoms with Crippen LogP contribution in [0.4, 0.5) is 0 Å². The molecule has 1 amide bonds. The first-order valence-electron chi connectivity index (χ1n) is 5.98. The van der Waals surface area contributed by atoms with E-state index in [1.807, 2.05) is 11.7 Å². The highest BCUT2D eigenvalue weighted by atomic mass is 16.1. The highest BCUT2D eigenvalue weighted by Crippen LogP contribution is 2.33. The van der Waals surface area contributed by atoms with Crippen molar-refractivity contribution in [3.63, 3.8) is 0 Å². The molecule has 0 aromatic carbocycles. The van der Waals surface area contributed by atoms with Crippen molar-refractivity contribution in [3.8, 4) is 0 Å². The summed E-state index contributed by atoms with van der Waals surface area (Å²) in [5.74, 6) is 0.488. The smallest absolute Gasteiger partial charge is 0.254 e. The zero-order chi connectivity index (χ0) is 11.5. The lowest BCUT2D eigenvalue weighted by Gasteiger charge is -2.22. The van der Waals surface area contributed by atoms with Gasteiger partial charge in [0.25, 0.3) is 5.91 Å². The highest BCUT2D eigenvalue weighted by Gasteiger charge is 2.24. The maximum absolute atomic E-state index is 11.7. The average molecular weight is 221 g/mol. The van der Waals surface area contributed by atoms with Crippen molar-refractivity contribution >= 4 is 5.91 Å². The van der Waals surface area contributed by atoms with Gasteiger partial charge in [-0.05, 0) is 12.8 Å². The van der Waals surface area contributed by atoms with Crippen LogP contribution in [0.1, 0.15) is 54.1 Å². The summed E-state index contributed by atoms with van der Waals surface area (Å²) in [6, 6.07) is 0. The van der Waals surface area contributed by atoms with Crippen molar-refractivity contribution in [1.29, 1.82) is 0 Å². The fourth-order valence-electron chi connectivity index (χ4n) is 2.62. The van der Waals surface area contributed by atoms with Crippen LogP contribution in [0.3, 0.4) is 0 Å². The number of hydrogen-bond donors (Lipinski definition) is 1. The number of carbonyl (C=O) groups is 1. The first kappa shape index (κ1) is 11.2. The Morgan fingerprint density at radius 2 is 2.12 bits per heavy atom. The standard InChI is InChI=1S/C12H19N3O/c1-13-12(16)10-8-14-15(2)11(10)9-6-4-3-5-7-9/h8-9H,3-7H2,1-2H3,(H,13,16). The lowest BCUT2D eigenvalue weighted by Crippen LogP contribution is -2.21. The molecule has 0 aliphatic heterocycles. The Labute approximate surface area is 96.0 Å². The van der Waals surface area contributed by atoms with E-state index in [0.717, 1.165) is 11.3 Å². The first-order chi connectivity index (χ1) is 7.74. The van der Waals surface area contributed by atoms with Crippen molar-refractivity contribution in [3.05, 3.63) is 17.5 Å². The summed E-state index contributed by atoms with van der Waals surface area (Å²) in [5.41, 5.74) is 1.86. The summed E-state index contributed by atoms with van der Waals surface area (Å²) < 4.78 is 1.86. The van der Waals surface area contributed by atoms with E-state index >= 15 is 0 Å². The number of amides is 1. The van der Waals surface area contributed by atoms with Gasteiger partial charge in [0.15, 0.2) is 0 Å². The maximum Gasteiger partial charge on any atom is 0.254 e. The Balaban J connectivity index is 2.30. The van der Waals surface area contributed by atoms with Gasteiger partial charge in [0.1, 0.15) is 0 Å². The van der Waals surface area contributed by atoms with Crippen molar-refractivity contribution in [2.24, 2.45) is 7.05 Å². The SMILES string of the molecule is CNC(=O)c1cnn(C)c1C1CCCCC1. The molecule has 1 aliphatic rings. The predicted octanol–water partition coefficient (Wildman–Crippen LogP) is 1.83. The van der Waals surface area contributed by atoms with Crippen LogP contribution < -0.4 is 5.32 Å². The zero-order valence-electron chi connectivity index (χ0n) is 9.99. The molecule has 0 spiro atoms. The predicted molar refractivity (Wildman–Crippen MR) is 62.4 cm³/mol. The Morgan fingerprint density at radius 3 is 2.75 bits per heavy atom. The van der Waals surface area contributed by atoms with E-state index in [2.05, 4.69) is 10.4 Å². The van der Waals surface area contributed by atoms with Gasteiger partial charge in [0.2, 0.25) is 0 Å². The summed E-state index contributed by atoms with van der Waals surface area (Å²) in [7, 11) is 3.59. The van der Waals surface area contributed by atoms with Crippen LogP contribution >= 0.6 is 0 Å². The third kappa shape index (κ3) is 1.96. The lowest BCUT2D eigenvalue weighted by molar-refractivity contribution is 0.0961. The largest absolute Gasteiger partial charge is 0.355 e. The first-order valence-corrected chi connectivity index (χ1v) is 5.98. The average Bonchev–Trinajstić information content (AvgIpc) is 2.71. The molecular weight excluding hydrogens is 202 g/mol. The van der Waals surface area contributed by atoms with Gasteiger partial charge in [-0.1, -0.05) is 19.3 Å². The molecule has 1 saturated carbocycles. The van der Waals surface area contributed by atoms with E-state index in [9.17, 15) is 4.79 Å². The number of carbonyl (C=O) groups excluding carboxylic acids is 1. The van der Waals surface area contributed by atoms with Crippen molar-refractivity contribution in [2.45, 2.75) is 38.0 Å². The number of rotatable bonds is 2. The van der Waals surface area contributed by atoms with Crippen LogP contribution in [-0.4, -0.2) is 22.7 Å². The van der Waals surface area contributed by atoms with Gasteiger partial charge in [-0.25, -0.2) is 0 Å². The van der Waals surface area contributed by atoms with E-state index < -0.39 is 0 Å². The van der Waals surface area contributed by atoms with Gasteiger partial charge in [0, 0.05) is 20.0 Å². The molecule has 0 bridgehead atoms. The Kier molecular flexibility index (Phi) is 3.27. The highest BCUT2D eigenvalue weighted by molar-refractivity contribution is 5.95. The maximum atomic E-state index is 11.7. The topological polar surface area (TPSA) is 46.9 Å². The van der Waals surface area contributed by atoms with Gasteiger partial charge in [-0.2, -0.15) is 5.10 Å². The minimum absolute atomic E-state index is 0.0197. The van der Waals surface area contributed by atoms with Crippen molar-refractivity contribution in [2.75, 3.05) is 7.05 Å². The second-order valence-corrected chi connectivity index (χ2v) is 4.48. The Bertz CT molecular complexity index is 378. The van der Waals surface area contributed by atoms with E-state index in [4.69, 9.17) is 0 Å². The molecule has 0 radical (unpaired) electrons. The molecule has 2 rings (SSSR count). The van der Waals surface area contributed by atoms with Gasteiger partial charge in [-0.15, -0.1) is 0 Å². The van der Waals surface area contributed by atoms with Crippen molar-refractivity contribution < 1.29 is 4.79 Å². The molecule has 1 aliphatic carbocycles. The summed E-state index contributed by atoms with van der Waals surface area (Å²) in [6.07, 6.45) is 7.91. The number of nitrogens with zero attached hydrogens (tertiary/aromatic N) is 2. The lowest BCUT2D eigenvalue weighted by atomic mass is 9.85. The Morgan fingerprint density at radius 1 is 1.44 bits per heavy atom. The minimum Gasteiger partial charge on any atom is -0.355 e. The monoisotopic (exact) mass is 221 g/mol. The summed E-state index contributed by atoms with van der Waals surface area (Å²) in [5, 5.41) is 6.90. The number of nitrogens with one attached hydrogen (secondary N) is 1. The van der Waals surface area contributed by atoms with Gasteiger partial charge in [0.05, 0.1) is 17.5 Å². The van der Waals surface area contributed by atoms with E-state index in [1.54, 1.807) is 13.2 Å².